The molecular weight excluding hydrogens is 256 g/mol. The van der Waals surface area contributed by atoms with Crippen molar-refractivity contribution >= 4 is 11.6 Å². The molecule has 2 rings (SSSR count). The molecule has 0 spiro atoms. The lowest BCUT2D eigenvalue weighted by Gasteiger charge is -2.08. The van der Waals surface area contributed by atoms with Crippen LogP contribution in [0.2, 0.25) is 5.02 Å². The maximum Gasteiger partial charge on any atom is 0.264 e. The van der Waals surface area contributed by atoms with Crippen molar-refractivity contribution in [2.75, 3.05) is 0 Å². The van der Waals surface area contributed by atoms with Gasteiger partial charge >= 0.3 is 0 Å². The zero-order valence-corrected chi connectivity index (χ0v) is 10.6. The molecule has 0 unspecified atom stereocenters. The van der Waals surface area contributed by atoms with Crippen molar-refractivity contribution in [3.8, 4) is 5.75 Å². The Morgan fingerprint density at radius 1 is 1.44 bits per heavy atom. The number of nitrogens with zero attached hydrogens (tertiary/aromatic N) is 2. The second-order valence-corrected chi connectivity index (χ2v) is 4.09. The number of aliphatic hydroxyl groups excluding tert-OH is 1. The number of ether oxygens (including phenoxy) is 1. The third kappa shape index (κ3) is 3.00. The Bertz CT molecular complexity index is 528. The first-order chi connectivity index (χ1) is 8.72. The molecule has 96 valence electrons. The van der Waals surface area contributed by atoms with Crippen molar-refractivity contribution in [2.24, 2.45) is 0 Å². The molecule has 0 saturated heterocycles. The highest BCUT2D eigenvalue weighted by Crippen LogP contribution is 2.23. The van der Waals surface area contributed by atoms with Crippen LogP contribution in [0.4, 0.5) is 0 Å². The molecular formula is C12H13ClN2O3. The van der Waals surface area contributed by atoms with Gasteiger partial charge in [-0.05, 0) is 18.2 Å². The van der Waals surface area contributed by atoms with Crippen LogP contribution in [-0.2, 0) is 19.6 Å². The third-order valence-electron chi connectivity index (χ3n) is 2.37. The molecule has 0 amide bonds. The van der Waals surface area contributed by atoms with E-state index in [1.165, 1.54) is 0 Å². The number of aromatic nitrogens is 2. The lowest BCUT2D eigenvalue weighted by molar-refractivity contribution is 0.229. The molecule has 5 nitrogen and oxygen atoms in total. The van der Waals surface area contributed by atoms with E-state index in [9.17, 15) is 5.11 Å². The molecule has 1 aromatic heterocycles. The van der Waals surface area contributed by atoms with Gasteiger partial charge in [0.1, 0.15) is 5.75 Å². The largest absolute Gasteiger partial charge is 0.483 e. The topological polar surface area (TPSA) is 68.4 Å². The average Bonchev–Trinajstić information content (AvgIpc) is 2.85. The standard InChI is InChI=1S/C12H13ClN2O3/c1-2-11-14-12(18-15-11)7-17-10-4-3-9(13)5-8(10)6-16/h3-5,16H,2,6-7H2,1H3. The molecule has 1 N–H and O–H groups in total. The molecule has 2 aromatic rings. The molecule has 0 aliphatic rings. The summed E-state index contributed by atoms with van der Waals surface area (Å²) in [4.78, 5) is 4.13. The van der Waals surface area contributed by atoms with E-state index in [0.29, 0.717) is 34.5 Å². The number of halogens is 1. The van der Waals surface area contributed by atoms with Crippen LogP contribution < -0.4 is 4.74 Å². The normalized spacial score (nSPS) is 10.6. The van der Waals surface area contributed by atoms with Crippen molar-refractivity contribution in [3.05, 3.63) is 40.5 Å². The molecule has 1 heterocycles. The molecule has 0 saturated carbocycles. The number of rotatable bonds is 5. The Hall–Kier alpha value is -1.59. The second-order valence-electron chi connectivity index (χ2n) is 3.66. The Balaban J connectivity index is 2.05. The van der Waals surface area contributed by atoms with E-state index in [1.54, 1.807) is 18.2 Å². The van der Waals surface area contributed by atoms with E-state index >= 15 is 0 Å². The first kappa shape index (κ1) is 12.9. The van der Waals surface area contributed by atoms with Gasteiger partial charge < -0.3 is 14.4 Å². The second kappa shape index (κ2) is 5.84. The maximum atomic E-state index is 9.19. The van der Waals surface area contributed by atoms with E-state index in [0.717, 1.165) is 0 Å². The van der Waals surface area contributed by atoms with E-state index < -0.39 is 0 Å². The van der Waals surface area contributed by atoms with Gasteiger partial charge in [-0.25, -0.2) is 0 Å². The minimum atomic E-state index is -0.139. The van der Waals surface area contributed by atoms with E-state index in [4.69, 9.17) is 20.9 Å². The first-order valence-corrected chi connectivity index (χ1v) is 5.94. The van der Waals surface area contributed by atoms with Crippen LogP contribution in [0.5, 0.6) is 5.75 Å². The van der Waals surface area contributed by atoms with Crippen LogP contribution in [0.3, 0.4) is 0 Å². The third-order valence-corrected chi connectivity index (χ3v) is 2.61. The van der Waals surface area contributed by atoms with Crippen molar-refractivity contribution in [2.45, 2.75) is 26.6 Å². The zero-order chi connectivity index (χ0) is 13.0. The highest BCUT2D eigenvalue weighted by atomic mass is 35.5. The van der Waals surface area contributed by atoms with Crippen molar-refractivity contribution < 1.29 is 14.4 Å². The first-order valence-electron chi connectivity index (χ1n) is 5.56. The van der Waals surface area contributed by atoms with Gasteiger partial charge in [0.25, 0.3) is 5.89 Å². The summed E-state index contributed by atoms with van der Waals surface area (Å²) >= 11 is 5.83. The minimum Gasteiger partial charge on any atom is -0.483 e. The predicted octanol–water partition coefficient (Wildman–Crippen LogP) is 2.36. The van der Waals surface area contributed by atoms with Gasteiger partial charge in [-0.3, -0.25) is 0 Å². The van der Waals surface area contributed by atoms with Gasteiger partial charge in [0.15, 0.2) is 12.4 Å². The van der Waals surface area contributed by atoms with E-state index in [2.05, 4.69) is 10.1 Å². The minimum absolute atomic E-state index is 0.139. The molecule has 0 radical (unpaired) electrons. The smallest absolute Gasteiger partial charge is 0.264 e. The summed E-state index contributed by atoms with van der Waals surface area (Å²) in [5.74, 6) is 1.61. The number of aliphatic hydroxyl groups is 1. The summed E-state index contributed by atoms with van der Waals surface area (Å²) in [6, 6.07) is 5.05. The fourth-order valence-electron chi connectivity index (χ4n) is 1.44. The number of aryl methyl sites for hydroxylation is 1. The Kier molecular flexibility index (Phi) is 4.17. The van der Waals surface area contributed by atoms with Gasteiger partial charge in [-0.2, -0.15) is 4.98 Å². The van der Waals surface area contributed by atoms with Gasteiger partial charge in [-0.15, -0.1) is 0 Å². The summed E-state index contributed by atoms with van der Waals surface area (Å²) in [6.07, 6.45) is 0.715. The van der Waals surface area contributed by atoms with Gasteiger partial charge in [0.05, 0.1) is 6.61 Å². The number of benzene rings is 1. The van der Waals surface area contributed by atoms with Gasteiger partial charge in [-0.1, -0.05) is 23.7 Å². The van der Waals surface area contributed by atoms with Crippen molar-refractivity contribution in [1.29, 1.82) is 0 Å². The zero-order valence-electron chi connectivity index (χ0n) is 9.89. The molecule has 0 aliphatic heterocycles. The summed E-state index contributed by atoms with van der Waals surface area (Å²) in [7, 11) is 0. The molecule has 6 heteroatoms. The molecule has 0 aliphatic carbocycles. The van der Waals surface area contributed by atoms with Crippen LogP contribution in [0.1, 0.15) is 24.2 Å². The quantitative estimate of drug-likeness (QED) is 0.901. The SMILES string of the molecule is CCc1noc(COc2ccc(Cl)cc2CO)n1. The summed E-state index contributed by atoms with van der Waals surface area (Å²) < 4.78 is 10.5. The lowest BCUT2D eigenvalue weighted by Crippen LogP contribution is -1.99. The van der Waals surface area contributed by atoms with E-state index in [1.807, 2.05) is 6.92 Å². The Morgan fingerprint density at radius 2 is 2.28 bits per heavy atom. The lowest BCUT2D eigenvalue weighted by atomic mass is 10.2. The van der Waals surface area contributed by atoms with Gasteiger partial charge in [0, 0.05) is 17.0 Å². The van der Waals surface area contributed by atoms with Crippen molar-refractivity contribution in [1.82, 2.24) is 10.1 Å². The molecule has 0 bridgehead atoms. The maximum absolute atomic E-state index is 9.19. The van der Waals surface area contributed by atoms with Crippen LogP contribution >= 0.6 is 11.6 Å². The highest BCUT2D eigenvalue weighted by Gasteiger charge is 2.08. The number of hydrogen-bond acceptors (Lipinski definition) is 5. The summed E-state index contributed by atoms with van der Waals surface area (Å²) in [5.41, 5.74) is 0.623. The Morgan fingerprint density at radius 3 is 2.94 bits per heavy atom. The van der Waals surface area contributed by atoms with Crippen LogP contribution in [0.15, 0.2) is 22.7 Å². The molecule has 0 atom stereocenters. The molecule has 0 fully saturated rings. The highest BCUT2D eigenvalue weighted by molar-refractivity contribution is 6.30. The van der Waals surface area contributed by atoms with Gasteiger partial charge in [0.2, 0.25) is 0 Å². The summed E-state index contributed by atoms with van der Waals surface area (Å²) in [5, 5.41) is 13.5. The van der Waals surface area contributed by atoms with Crippen LogP contribution in [-0.4, -0.2) is 15.2 Å². The predicted molar refractivity (Wildman–Crippen MR) is 65.4 cm³/mol. The molecule has 1 aromatic carbocycles. The van der Waals surface area contributed by atoms with Crippen LogP contribution in [0, 0.1) is 0 Å². The fraction of sp³-hybridized carbons (Fsp3) is 0.333. The van der Waals surface area contributed by atoms with Crippen molar-refractivity contribution in [3.63, 3.8) is 0 Å². The average molecular weight is 269 g/mol. The van der Waals surface area contributed by atoms with E-state index in [-0.39, 0.29) is 13.2 Å². The van der Waals surface area contributed by atoms with Crippen LogP contribution in [0.25, 0.3) is 0 Å². The molecule has 18 heavy (non-hydrogen) atoms. The monoisotopic (exact) mass is 268 g/mol. The number of hydrogen-bond donors (Lipinski definition) is 1. The Labute approximate surface area is 109 Å². The fourth-order valence-corrected chi connectivity index (χ4v) is 1.64. The summed E-state index contributed by atoms with van der Waals surface area (Å²) in [6.45, 7) is 1.97.